The number of anilines is 1. The minimum Gasteiger partial charge on any atom is -0.484 e. The molecule has 1 atom stereocenters. The van der Waals surface area contributed by atoms with Crippen LogP contribution in [0.25, 0.3) is 10.8 Å². The molecular formula is C30H27N3O3. The average Bonchev–Trinajstić information content (AvgIpc) is 3.37. The van der Waals surface area contributed by atoms with Gasteiger partial charge in [0, 0.05) is 31.8 Å². The fourth-order valence-electron chi connectivity index (χ4n) is 4.43. The van der Waals surface area contributed by atoms with Crippen molar-refractivity contribution < 1.29 is 14.3 Å². The van der Waals surface area contributed by atoms with E-state index in [9.17, 15) is 9.59 Å². The summed E-state index contributed by atoms with van der Waals surface area (Å²) in [6, 6.07) is 29.2. The molecule has 0 saturated heterocycles. The van der Waals surface area contributed by atoms with Crippen LogP contribution < -0.4 is 9.64 Å². The molecule has 4 aromatic carbocycles. The third-order valence-electron chi connectivity index (χ3n) is 6.40. The van der Waals surface area contributed by atoms with Gasteiger partial charge in [-0.3, -0.25) is 9.59 Å². The van der Waals surface area contributed by atoms with Gasteiger partial charge in [-0.2, -0.15) is 5.10 Å². The Morgan fingerprint density at radius 3 is 2.50 bits per heavy atom. The number of nitrogens with zero attached hydrogens (tertiary/aromatic N) is 3. The summed E-state index contributed by atoms with van der Waals surface area (Å²) in [4.78, 5) is 26.5. The third-order valence-corrected chi connectivity index (χ3v) is 6.40. The van der Waals surface area contributed by atoms with E-state index < -0.39 is 0 Å². The van der Waals surface area contributed by atoms with E-state index in [1.807, 2.05) is 55.4 Å². The summed E-state index contributed by atoms with van der Waals surface area (Å²) in [5, 5.41) is 8.61. The van der Waals surface area contributed by atoms with Crippen molar-refractivity contribution >= 4 is 34.4 Å². The Bertz CT molecular complexity index is 1440. The summed E-state index contributed by atoms with van der Waals surface area (Å²) in [7, 11) is 4.00. The van der Waals surface area contributed by atoms with E-state index in [2.05, 4.69) is 30.3 Å². The number of aldehydes is 1. The van der Waals surface area contributed by atoms with Crippen LogP contribution in [-0.2, 0) is 4.79 Å². The second kappa shape index (κ2) is 10.0. The van der Waals surface area contributed by atoms with E-state index in [0.29, 0.717) is 17.7 Å². The first-order valence-corrected chi connectivity index (χ1v) is 11.9. The van der Waals surface area contributed by atoms with Gasteiger partial charge in [-0.15, -0.1) is 0 Å². The molecule has 4 aromatic rings. The molecule has 1 unspecified atom stereocenters. The molecule has 0 bridgehead atoms. The Morgan fingerprint density at radius 1 is 0.972 bits per heavy atom. The Labute approximate surface area is 210 Å². The minimum absolute atomic E-state index is 0.177. The van der Waals surface area contributed by atoms with E-state index in [1.165, 1.54) is 0 Å². The molecule has 1 heterocycles. The number of rotatable bonds is 7. The Morgan fingerprint density at radius 2 is 1.75 bits per heavy atom. The molecule has 0 fully saturated rings. The normalized spacial score (nSPS) is 15.0. The summed E-state index contributed by atoms with van der Waals surface area (Å²) in [6.07, 6.45) is 1.36. The molecule has 6 nitrogen and oxygen atoms in total. The van der Waals surface area contributed by atoms with Crippen molar-refractivity contribution in [1.82, 2.24) is 5.01 Å². The second-order valence-corrected chi connectivity index (χ2v) is 9.03. The van der Waals surface area contributed by atoms with Gasteiger partial charge in [0.15, 0.2) is 6.61 Å². The van der Waals surface area contributed by atoms with Crippen LogP contribution in [0.2, 0.25) is 0 Å². The average molecular weight is 478 g/mol. The maximum absolute atomic E-state index is 13.3. The van der Waals surface area contributed by atoms with E-state index in [4.69, 9.17) is 9.84 Å². The van der Waals surface area contributed by atoms with Gasteiger partial charge in [0.05, 0.1) is 11.8 Å². The lowest BCUT2D eigenvalue weighted by molar-refractivity contribution is -0.135. The van der Waals surface area contributed by atoms with Gasteiger partial charge in [0.25, 0.3) is 5.91 Å². The number of amides is 1. The summed E-state index contributed by atoms with van der Waals surface area (Å²) in [5.41, 5.74) is 4.45. The standard InChI is InChI=1S/C30H27N3O3/c1-32(2)26-14-12-23(13-15-26)29-18-28(25-11-10-22-7-3-4-8-24(22)17-25)31-33(29)30(35)20-36-27-9-5-6-21(16-27)19-34/h3-17,19,29H,18,20H2,1-2H3. The molecule has 0 spiro atoms. The molecular weight excluding hydrogens is 450 g/mol. The molecule has 1 aliphatic rings. The largest absolute Gasteiger partial charge is 0.484 e. The van der Waals surface area contributed by atoms with Crippen LogP contribution >= 0.6 is 0 Å². The van der Waals surface area contributed by atoms with Crippen molar-refractivity contribution in [3.05, 3.63) is 108 Å². The molecule has 0 radical (unpaired) electrons. The number of hydrazone groups is 1. The minimum atomic E-state index is -0.246. The van der Waals surface area contributed by atoms with Gasteiger partial charge in [-0.05, 0) is 52.2 Å². The van der Waals surface area contributed by atoms with Crippen molar-refractivity contribution in [3.8, 4) is 5.75 Å². The van der Waals surface area contributed by atoms with Gasteiger partial charge in [0.1, 0.15) is 12.0 Å². The SMILES string of the molecule is CN(C)c1ccc(C2CC(c3ccc4ccccc4c3)=NN2C(=O)COc2cccc(C=O)c2)cc1. The molecule has 0 aromatic heterocycles. The maximum atomic E-state index is 13.3. The van der Waals surface area contributed by atoms with E-state index in [0.717, 1.165) is 39.6 Å². The number of hydrogen-bond donors (Lipinski definition) is 0. The van der Waals surface area contributed by atoms with Crippen molar-refractivity contribution in [3.63, 3.8) is 0 Å². The molecule has 0 aliphatic carbocycles. The van der Waals surface area contributed by atoms with Crippen LogP contribution in [0.1, 0.15) is 33.9 Å². The van der Waals surface area contributed by atoms with Crippen LogP contribution in [0.4, 0.5) is 5.69 Å². The van der Waals surface area contributed by atoms with Crippen molar-refractivity contribution in [2.75, 3.05) is 25.6 Å². The number of hydrogen-bond acceptors (Lipinski definition) is 5. The number of ether oxygens (including phenoxy) is 1. The van der Waals surface area contributed by atoms with E-state index in [1.54, 1.807) is 29.3 Å². The summed E-state index contributed by atoms with van der Waals surface area (Å²) >= 11 is 0. The van der Waals surface area contributed by atoms with E-state index >= 15 is 0 Å². The maximum Gasteiger partial charge on any atom is 0.281 e. The molecule has 1 amide bonds. The lowest BCUT2D eigenvalue weighted by Crippen LogP contribution is -2.31. The molecule has 1 aliphatic heterocycles. The van der Waals surface area contributed by atoms with Crippen LogP contribution in [0.5, 0.6) is 5.75 Å². The van der Waals surface area contributed by atoms with Crippen molar-refractivity contribution in [1.29, 1.82) is 0 Å². The first-order chi connectivity index (χ1) is 17.5. The fourth-order valence-corrected chi connectivity index (χ4v) is 4.43. The van der Waals surface area contributed by atoms with Gasteiger partial charge in [0.2, 0.25) is 0 Å². The first kappa shape index (κ1) is 23.3. The van der Waals surface area contributed by atoms with Gasteiger partial charge < -0.3 is 9.64 Å². The summed E-state index contributed by atoms with van der Waals surface area (Å²) < 4.78 is 5.73. The van der Waals surface area contributed by atoms with Crippen molar-refractivity contribution in [2.24, 2.45) is 5.10 Å². The van der Waals surface area contributed by atoms with Gasteiger partial charge >= 0.3 is 0 Å². The third kappa shape index (κ3) is 4.84. The second-order valence-electron chi connectivity index (χ2n) is 9.03. The highest BCUT2D eigenvalue weighted by Gasteiger charge is 2.33. The Kier molecular flexibility index (Phi) is 6.50. The monoisotopic (exact) mass is 477 g/mol. The van der Waals surface area contributed by atoms with Crippen LogP contribution in [0.3, 0.4) is 0 Å². The van der Waals surface area contributed by atoms with Crippen LogP contribution in [0.15, 0.2) is 96.1 Å². The molecule has 6 heteroatoms. The highest BCUT2D eigenvalue weighted by atomic mass is 16.5. The number of benzene rings is 4. The summed E-state index contributed by atoms with van der Waals surface area (Å²) in [6.45, 7) is -0.177. The lowest BCUT2D eigenvalue weighted by Gasteiger charge is -2.23. The quantitative estimate of drug-likeness (QED) is 0.331. The predicted octanol–water partition coefficient (Wildman–Crippen LogP) is 5.48. The Hall–Kier alpha value is -4.45. The smallest absolute Gasteiger partial charge is 0.281 e. The highest BCUT2D eigenvalue weighted by molar-refractivity contribution is 6.05. The number of fused-ring (bicyclic) bond motifs is 1. The zero-order valence-corrected chi connectivity index (χ0v) is 20.3. The fraction of sp³-hybridized carbons (Fsp3) is 0.167. The molecule has 5 rings (SSSR count). The number of carbonyl (C=O) groups is 2. The molecule has 0 saturated carbocycles. The van der Waals surface area contributed by atoms with Gasteiger partial charge in [-0.25, -0.2) is 5.01 Å². The number of carbonyl (C=O) groups excluding carboxylic acids is 2. The van der Waals surface area contributed by atoms with Crippen LogP contribution in [-0.4, -0.2) is 43.6 Å². The lowest BCUT2D eigenvalue weighted by atomic mass is 9.96. The highest BCUT2D eigenvalue weighted by Crippen LogP contribution is 2.34. The molecule has 180 valence electrons. The molecule has 0 N–H and O–H groups in total. The Balaban J connectivity index is 1.43. The summed E-state index contributed by atoms with van der Waals surface area (Å²) in [5.74, 6) is 0.224. The van der Waals surface area contributed by atoms with E-state index in [-0.39, 0.29) is 18.6 Å². The zero-order chi connectivity index (χ0) is 25.1. The van der Waals surface area contributed by atoms with Crippen LogP contribution in [0, 0.1) is 0 Å². The predicted molar refractivity (Wildman–Crippen MR) is 143 cm³/mol. The topological polar surface area (TPSA) is 62.2 Å². The zero-order valence-electron chi connectivity index (χ0n) is 20.3. The van der Waals surface area contributed by atoms with Crippen molar-refractivity contribution in [2.45, 2.75) is 12.5 Å². The first-order valence-electron chi connectivity index (χ1n) is 11.9. The molecule has 36 heavy (non-hydrogen) atoms. The van der Waals surface area contributed by atoms with Gasteiger partial charge in [-0.1, -0.05) is 60.7 Å².